The number of nitriles is 1. The van der Waals surface area contributed by atoms with Crippen molar-refractivity contribution < 1.29 is 9.21 Å². The van der Waals surface area contributed by atoms with Crippen LogP contribution in [-0.2, 0) is 4.79 Å². The number of likely N-dealkylation sites (tertiary alicyclic amines) is 1. The van der Waals surface area contributed by atoms with Gasteiger partial charge in [0.25, 0.3) is 0 Å². The van der Waals surface area contributed by atoms with Gasteiger partial charge in [-0.05, 0) is 63.1 Å². The predicted molar refractivity (Wildman–Crippen MR) is 86.3 cm³/mol. The second-order valence-electron chi connectivity index (χ2n) is 7.27. The number of amides is 1. The van der Waals surface area contributed by atoms with Crippen LogP contribution in [0.1, 0.15) is 51.3 Å². The molecule has 1 aromatic heterocycles. The Kier molecular flexibility index (Phi) is 4.45. The van der Waals surface area contributed by atoms with Gasteiger partial charge in [-0.2, -0.15) is 5.26 Å². The molecule has 0 aromatic carbocycles. The first kappa shape index (κ1) is 16.1. The fourth-order valence-corrected chi connectivity index (χ4v) is 3.55. The largest absolute Gasteiger partial charge is 0.468 e. The summed E-state index contributed by atoms with van der Waals surface area (Å²) in [5.41, 5.74) is -0.722. The highest BCUT2D eigenvalue weighted by Gasteiger charge is 2.43. The van der Waals surface area contributed by atoms with E-state index in [2.05, 4.69) is 23.2 Å². The van der Waals surface area contributed by atoms with Gasteiger partial charge < -0.3 is 9.73 Å². The highest BCUT2D eigenvalue weighted by atomic mass is 16.3. The van der Waals surface area contributed by atoms with Gasteiger partial charge in [0.2, 0.25) is 5.91 Å². The molecule has 1 aliphatic heterocycles. The fourth-order valence-electron chi connectivity index (χ4n) is 3.55. The average molecular weight is 315 g/mol. The van der Waals surface area contributed by atoms with E-state index >= 15 is 0 Å². The number of carbonyl (C=O) groups is 1. The Balaban J connectivity index is 1.65. The molecule has 0 unspecified atom stereocenters. The van der Waals surface area contributed by atoms with E-state index in [9.17, 15) is 10.1 Å². The molecule has 5 heteroatoms. The maximum atomic E-state index is 12.5. The first-order chi connectivity index (χ1) is 11.0. The number of piperidine rings is 1. The number of hydrogen-bond acceptors (Lipinski definition) is 4. The van der Waals surface area contributed by atoms with Crippen LogP contribution in [-0.4, -0.2) is 29.4 Å². The van der Waals surface area contributed by atoms with E-state index in [1.54, 1.807) is 6.26 Å². The van der Waals surface area contributed by atoms with Gasteiger partial charge in [0.05, 0.1) is 24.9 Å². The van der Waals surface area contributed by atoms with Crippen LogP contribution >= 0.6 is 0 Å². The van der Waals surface area contributed by atoms with Crippen molar-refractivity contribution in [2.24, 2.45) is 11.8 Å². The molecule has 0 radical (unpaired) electrons. The molecule has 0 spiro atoms. The third kappa shape index (κ3) is 3.59. The van der Waals surface area contributed by atoms with Gasteiger partial charge in [-0.15, -0.1) is 0 Å². The minimum atomic E-state index is -0.722. The van der Waals surface area contributed by atoms with E-state index in [4.69, 9.17) is 4.42 Å². The van der Waals surface area contributed by atoms with Crippen molar-refractivity contribution in [3.05, 3.63) is 24.2 Å². The molecular weight excluding hydrogens is 290 g/mol. The lowest BCUT2D eigenvalue weighted by Crippen LogP contribution is -2.51. The van der Waals surface area contributed by atoms with Crippen LogP contribution in [0.25, 0.3) is 0 Å². The lowest BCUT2D eigenvalue weighted by atomic mass is 9.91. The minimum absolute atomic E-state index is 0.0629. The summed E-state index contributed by atoms with van der Waals surface area (Å²) in [5, 5.41) is 12.4. The molecule has 2 heterocycles. The number of nitrogens with one attached hydrogen (secondary N) is 1. The lowest BCUT2D eigenvalue weighted by Gasteiger charge is -2.37. The normalized spacial score (nSPS) is 27.9. The second kappa shape index (κ2) is 6.37. The molecule has 1 N–H and O–H groups in total. The van der Waals surface area contributed by atoms with Crippen molar-refractivity contribution in [3.63, 3.8) is 0 Å². The molecule has 23 heavy (non-hydrogen) atoms. The van der Waals surface area contributed by atoms with Crippen LogP contribution in [0.5, 0.6) is 0 Å². The van der Waals surface area contributed by atoms with Crippen molar-refractivity contribution >= 4 is 5.91 Å². The van der Waals surface area contributed by atoms with Crippen molar-refractivity contribution in [3.8, 4) is 6.07 Å². The fraction of sp³-hybridized carbons (Fsp3) is 0.667. The lowest BCUT2D eigenvalue weighted by molar-refractivity contribution is -0.125. The molecule has 2 fully saturated rings. The number of hydrogen-bond donors (Lipinski definition) is 1. The van der Waals surface area contributed by atoms with Crippen molar-refractivity contribution in [2.75, 3.05) is 13.1 Å². The molecular formula is C18H25N3O2. The molecule has 0 bridgehead atoms. The van der Waals surface area contributed by atoms with Gasteiger partial charge in [-0.25, -0.2) is 0 Å². The van der Waals surface area contributed by atoms with Gasteiger partial charge in [0.15, 0.2) is 0 Å². The monoisotopic (exact) mass is 315 g/mol. The zero-order chi connectivity index (χ0) is 16.4. The van der Waals surface area contributed by atoms with Gasteiger partial charge in [-0.1, -0.05) is 6.92 Å². The van der Waals surface area contributed by atoms with E-state index in [0.717, 1.165) is 38.0 Å². The van der Waals surface area contributed by atoms with E-state index in [-0.39, 0.29) is 11.9 Å². The first-order valence-corrected chi connectivity index (χ1v) is 8.51. The average Bonchev–Trinajstić information content (AvgIpc) is 3.25. The Morgan fingerprint density at radius 2 is 2.30 bits per heavy atom. The molecule has 3 rings (SSSR count). The number of rotatable bonds is 5. The maximum Gasteiger partial charge on any atom is 0.235 e. The summed E-state index contributed by atoms with van der Waals surface area (Å²) < 4.78 is 5.58. The highest BCUT2D eigenvalue weighted by Crippen LogP contribution is 2.39. The Morgan fingerprint density at radius 3 is 2.91 bits per heavy atom. The first-order valence-electron chi connectivity index (χ1n) is 8.51. The molecule has 1 amide bonds. The number of furan rings is 1. The van der Waals surface area contributed by atoms with Gasteiger partial charge >= 0.3 is 0 Å². The Labute approximate surface area is 137 Å². The van der Waals surface area contributed by atoms with Crippen LogP contribution in [0, 0.1) is 23.2 Å². The summed E-state index contributed by atoms with van der Waals surface area (Å²) in [6.45, 7) is 5.28. The Hall–Kier alpha value is -1.80. The van der Waals surface area contributed by atoms with Gasteiger partial charge in [-0.3, -0.25) is 9.69 Å². The molecule has 124 valence electrons. The minimum Gasteiger partial charge on any atom is -0.468 e. The summed E-state index contributed by atoms with van der Waals surface area (Å²) in [5.74, 6) is 1.79. The van der Waals surface area contributed by atoms with Crippen LogP contribution in [0.3, 0.4) is 0 Å². The van der Waals surface area contributed by atoms with E-state index < -0.39 is 5.54 Å². The molecule has 1 aliphatic carbocycles. The summed E-state index contributed by atoms with van der Waals surface area (Å²) in [4.78, 5) is 14.7. The van der Waals surface area contributed by atoms with Crippen LogP contribution in [0.2, 0.25) is 0 Å². The molecule has 5 nitrogen and oxygen atoms in total. The van der Waals surface area contributed by atoms with E-state index in [1.165, 1.54) is 0 Å². The Morgan fingerprint density at radius 1 is 1.52 bits per heavy atom. The highest BCUT2D eigenvalue weighted by molar-refractivity contribution is 5.79. The molecule has 3 atom stereocenters. The maximum absolute atomic E-state index is 12.5. The topological polar surface area (TPSA) is 69.3 Å². The molecule has 1 aromatic rings. The smallest absolute Gasteiger partial charge is 0.235 e. The van der Waals surface area contributed by atoms with E-state index in [1.807, 2.05) is 19.1 Å². The third-order valence-corrected chi connectivity index (χ3v) is 5.22. The summed E-state index contributed by atoms with van der Waals surface area (Å²) in [7, 11) is 0. The SMILES string of the molecule is C[C@@H]1CCN(CC(=O)N[C@](C)(C#N)C2CC2)[C@H](c2ccco2)C1. The van der Waals surface area contributed by atoms with Crippen LogP contribution in [0.4, 0.5) is 0 Å². The quantitative estimate of drug-likeness (QED) is 0.907. The zero-order valence-corrected chi connectivity index (χ0v) is 13.9. The summed E-state index contributed by atoms with van der Waals surface area (Å²) >= 11 is 0. The standard InChI is InChI=1S/C18H25N3O2/c1-13-7-8-21(15(10-13)16-4-3-9-23-16)11-17(22)20-18(2,12-19)14-5-6-14/h3-4,9,13-15H,5-8,10-11H2,1-2H3,(H,20,22)/t13-,15+,18-/m1/s1. The Bertz CT molecular complexity index is 588. The molecule has 2 aliphatic rings. The molecule has 1 saturated heterocycles. The number of carbonyl (C=O) groups excluding carboxylic acids is 1. The van der Waals surface area contributed by atoms with Gasteiger partial charge in [0.1, 0.15) is 11.3 Å². The zero-order valence-electron chi connectivity index (χ0n) is 13.9. The van der Waals surface area contributed by atoms with Crippen molar-refractivity contribution in [1.29, 1.82) is 5.26 Å². The summed E-state index contributed by atoms with van der Waals surface area (Å²) in [6, 6.07) is 6.31. The van der Waals surface area contributed by atoms with Crippen LogP contribution in [0.15, 0.2) is 22.8 Å². The third-order valence-electron chi connectivity index (χ3n) is 5.22. The number of nitrogens with zero attached hydrogens (tertiary/aromatic N) is 2. The van der Waals surface area contributed by atoms with Crippen molar-refractivity contribution in [2.45, 2.75) is 51.1 Å². The molecule has 1 saturated carbocycles. The second-order valence-corrected chi connectivity index (χ2v) is 7.27. The van der Waals surface area contributed by atoms with E-state index in [0.29, 0.717) is 18.4 Å². The summed E-state index contributed by atoms with van der Waals surface area (Å²) in [6.07, 6.45) is 5.83. The van der Waals surface area contributed by atoms with Gasteiger partial charge in [0, 0.05) is 0 Å². The van der Waals surface area contributed by atoms with Crippen molar-refractivity contribution in [1.82, 2.24) is 10.2 Å². The predicted octanol–water partition coefficient (Wildman–Crippen LogP) is 2.86. The van der Waals surface area contributed by atoms with Crippen LogP contribution < -0.4 is 5.32 Å².